The number of pyridine rings is 1. The third-order valence-corrected chi connectivity index (χ3v) is 2.12. The van der Waals surface area contributed by atoms with E-state index in [-0.39, 0.29) is 0 Å². The number of alkyl halides is 3. The molecule has 88 valence electrons. The molecule has 0 atom stereocenters. The molecule has 1 nitrogen and oxygen atoms in total. The number of halogens is 3. The molecular weight excluding hydrogens is 227 g/mol. The summed E-state index contributed by atoms with van der Waals surface area (Å²) in [5.74, 6) is 0. The Morgan fingerprint density at radius 1 is 1.12 bits per heavy atom. The minimum absolute atomic E-state index is 0.311. The number of hydrogen-bond acceptors (Lipinski definition) is 1. The van der Waals surface area contributed by atoms with Gasteiger partial charge in [0, 0.05) is 14.5 Å². The number of aromatic nitrogens is 1. The fourth-order valence-corrected chi connectivity index (χ4v) is 1.44. The topological polar surface area (TPSA) is 12.9 Å². The molecule has 4 heteroatoms. The van der Waals surface area contributed by atoms with Crippen molar-refractivity contribution >= 4 is 0 Å². The Morgan fingerprint density at radius 3 is 2.47 bits per heavy atom. The zero-order chi connectivity index (χ0) is 14.1. The van der Waals surface area contributed by atoms with Gasteiger partial charge in [-0.15, -0.1) is 0 Å². The van der Waals surface area contributed by atoms with Crippen LogP contribution in [0.3, 0.4) is 0 Å². The fraction of sp³-hybridized carbons (Fsp3) is 0.154. The highest BCUT2D eigenvalue weighted by atomic mass is 19.4. The van der Waals surface area contributed by atoms with E-state index in [0.717, 1.165) is 12.1 Å². The molecule has 0 bridgehead atoms. The Hall–Kier alpha value is -1.84. The van der Waals surface area contributed by atoms with Crippen molar-refractivity contribution in [3.8, 4) is 11.3 Å². The van der Waals surface area contributed by atoms with Crippen LogP contribution in [-0.4, -0.2) is 11.2 Å². The number of nitrogens with zero attached hydrogens (tertiary/aromatic N) is 1. The van der Waals surface area contributed by atoms with Gasteiger partial charge in [-0.3, -0.25) is 4.98 Å². The molecule has 0 saturated heterocycles. The summed E-state index contributed by atoms with van der Waals surface area (Å²) in [5, 5.41) is 0. The molecule has 0 saturated carbocycles. The number of hydrogen-bond donors (Lipinski definition) is 0. The molecule has 0 amide bonds. The molecule has 0 spiro atoms. The number of benzene rings is 1. The lowest BCUT2D eigenvalue weighted by atomic mass is 10.1. The van der Waals surface area contributed by atoms with Gasteiger partial charge in [-0.1, -0.05) is 30.3 Å². The first kappa shape index (κ1) is 9.22. The summed E-state index contributed by atoms with van der Waals surface area (Å²) in [5.41, 5.74) is 0.502. The van der Waals surface area contributed by atoms with Crippen LogP contribution in [0.15, 0.2) is 48.7 Å². The second kappa shape index (κ2) is 4.57. The second-order valence-corrected chi connectivity index (χ2v) is 3.42. The highest BCUT2D eigenvalue weighted by Crippen LogP contribution is 2.23. The van der Waals surface area contributed by atoms with E-state index >= 15 is 0 Å². The molecule has 1 aromatic carbocycles. The maximum atomic E-state index is 12.7. The molecule has 0 aliphatic carbocycles. The molecule has 0 unspecified atom stereocenters. The van der Waals surface area contributed by atoms with Crippen LogP contribution in [0.25, 0.3) is 11.3 Å². The van der Waals surface area contributed by atoms with Gasteiger partial charge in [0.25, 0.3) is 0 Å². The van der Waals surface area contributed by atoms with Gasteiger partial charge in [0.05, 0.1) is 12.1 Å². The summed E-state index contributed by atoms with van der Waals surface area (Å²) in [6.07, 6.45) is -7.16. The molecule has 1 heterocycles. The van der Waals surface area contributed by atoms with E-state index in [1.54, 1.807) is 30.3 Å². The molecule has 2 aromatic rings. The average molecular weight is 239 g/mol. The fourth-order valence-electron chi connectivity index (χ4n) is 1.44. The van der Waals surface area contributed by atoms with Crippen molar-refractivity contribution in [1.82, 2.24) is 4.98 Å². The van der Waals surface area contributed by atoms with Gasteiger partial charge in [0.15, 0.2) is 0 Å². The zero-order valence-corrected chi connectivity index (χ0v) is 8.70. The minimum Gasteiger partial charge on any atom is -0.256 e. The third-order valence-electron chi connectivity index (χ3n) is 2.12. The van der Waals surface area contributed by atoms with Crippen molar-refractivity contribution in [3.63, 3.8) is 0 Å². The van der Waals surface area contributed by atoms with Crippen molar-refractivity contribution in [2.24, 2.45) is 0 Å². The van der Waals surface area contributed by atoms with Gasteiger partial charge in [0.1, 0.15) is 0 Å². The van der Waals surface area contributed by atoms with E-state index in [2.05, 4.69) is 4.98 Å². The maximum Gasteiger partial charge on any atom is 0.393 e. The Bertz CT molecular complexity index is 568. The highest BCUT2D eigenvalue weighted by Gasteiger charge is 2.27. The standard InChI is InChI=1S/C13H10F3N/c14-13(15,16)9-10-6-7-17-12(8-10)11-4-2-1-3-5-11/h1-8H,9H2/i9D2. The second-order valence-electron chi connectivity index (χ2n) is 3.42. The van der Waals surface area contributed by atoms with Crippen LogP contribution in [0, 0.1) is 0 Å². The summed E-state index contributed by atoms with van der Waals surface area (Å²) in [6, 6.07) is 10.8. The summed E-state index contributed by atoms with van der Waals surface area (Å²) < 4.78 is 52.4. The number of rotatable bonds is 2. The van der Waals surface area contributed by atoms with Crippen LogP contribution in [0.5, 0.6) is 0 Å². The first-order chi connectivity index (χ1) is 8.82. The van der Waals surface area contributed by atoms with Crippen molar-refractivity contribution < 1.29 is 15.9 Å². The van der Waals surface area contributed by atoms with Crippen LogP contribution in [0.1, 0.15) is 8.30 Å². The first-order valence-electron chi connectivity index (χ1n) is 5.91. The molecule has 0 aliphatic rings. The Morgan fingerprint density at radius 2 is 1.82 bits per heavy atom. The van der Waals surface area contributed by atoms with E-state index in [4.69, 9.17) is 2.74 Å². The predicted molar refractivity (Wildman–Crippen MR) is 59.4 cm³/mol. The smallest absolute Gasteiger partial charge is 0.256 e. The van der Waals surface area contributed by atoms with Crippen molar-refractivity contribution in [2.45, 2.75) is 12.5 Å². The third kappa shape index (κ3) is 3.31. The molecule has 0 aliphatic heterocycles. The van der Waals surface area contributed by atoms with Gasteiger partial charge in [-0.2, -0.15) is 13.2 Å². The Kier molecular flexibility index (Phi) is 2.48. The SMILES string of the molecule is [2H]C([2H])(c1ccnc(-c2ccccc2)c1)C(F)(F)F. The molecule has 0 N–H and O–H groups in total. The van der Waals surface area contributed by atoms with Crippen LogP contribution in [-0.2, 0) is 6.37 Å². The molecule has 2 rings (SSSR count). The quantitative estimate of drug-likeness (QED) is 0.775. The van der Waals surface area contributed by atoms with Gasteiger partial charge in [-0.25, -0.2) is 0 Å². The zero-order valence-electron chi connectivity index (χ0n) is 10.7. The van der Waals surface area contributed by atoms with Crippen molar-refractivity contribution in [3.05, 3.63) is 54.2 Å². The van der Waals surface area contributed by atoms with Gasteiger partial charge in [-0.05, 0) is 17.7 Å². The molecule has 0 radical (unpaired) electrons. The van der Waals surface area contributed by atoms with Crippen LogP contribution >= 0.6 is 0 Å². The van der Waals surface area contributed by atoms with Gasteiger partial charge < -0.3 is 0 Å². The summed E-state index contributed by atoms with van der Waals surface area (Å²) >= 11 is 0. The van der Waals surface area contributed by atoms with E-state index in [9.17, 15) is 13.2 Å². The lowest BCUT2D eigenvalue weighted by Crippen LogP contribution is -2.11. The van der Waals surface area contributed by atoms with E-state index in [1.165, 1.54) is 6.20 Å². The Labute approximate surface area is 99.7 Å². The summed E-state index contributed by atoms with van der Waals surface area (Å²) in [6.45, 7) is 0. The minimum atomic E-state index is -4.96. The highest BCUT2D eigenvalue weighted by molar-refractivity contribution is 5.59. The van der Waals surface area contributed by atoms with Crippen LogP contribution in [0.2, 0.25) is 0 Å². The molecule has 1 aromatic heterocycles. The van der Waals surface area contributed by atoms with Crippen molar-refractivity contribution in [1.29, 1.82) is 0 Å². The lowest BCUT2D eigenvalue weighted by Gasteiger charge is -2.07. The van der Waals surface area contributed by atoms with E-state index in [1.807, 2.05) is 0 Å². The maximum absolute atomic E-state index is 12.7. The van der Waals surface area contributed by atoms with Gasteiger partial charge >= 0.3 is 6.18 Å². The summed E-state index contributed by atoms with van der Waals surface area (Å²) in [4.78, 5) is 3.97. The molecule has 0 fully saturated rings. The van der Waals surface area contributed by atoms with E-state index in [0.29, 0.717) is 11.3 Å². The Balaban J connectivity index is 2.47. The predicted octanol–water partition coefficient (Wildman–Crippen LogP) is 3.85. The molecule has 17 heavy (non-hydrogen) atoms. The lowest BCUT2D eigenvalue weighted by molar-refractivity contribution is -0.127. The average Bonchev–Trinajstić information content (AvgIpc) is 2.39. The monoisotopic (exact) mass is 239 g/mol. The largest absolute Gasteiger partial charge is 0.393 e. The van der Waals surface area contributed by atoms with Crippen LogP contribution in [0.4, 0.5) is 13.2 Å². The van der Waals surface area contributed by atoms with Crippen LogP contribution < -0.4 is 0 Å². The summed E-state index contributed by atoms with van der Waals surface area (Å²) in [7, 11) is 0. The molecular formula is C13H10F3N. The van der Waals surface area contributed by atoms with E-state index < -0.39 is 18.1 Å². The van der Waals surface area contributed by atoms with Gasteiger partial charge in [0.2, 0.25) is 0 Å². The van der Waals surface area contributed by atoms with Crippen molar-refractivity contribution in [2.75, 3.05) is 0 Å². The normalized spacial score (nSPS) is 14.1. The first-order valence-corrected chi connectivity index (χ1v) is 4.91.